The third-order valence-corrected chi connectivity index (χ3v) is 4.05. The molecular weight excluding hydrogens is 256 g/mol. The topological polar surface area (TPSA) is 9.23 Å². The van der Waals surface area contributed by atoms with E-state index < -0.39 is 5.60 Å². The van der Waals surface area contributed by atoms with Crippen molar-refractivity contribution in [3.05, 3.63) is 71.8 Å². The van der Waals surface area contributed by atoms with E-state index in [0.717, 1.165) is 6.42 Å². The van der Waals surface area contributed by atoms with Crippen molar-refractivity contribution < 1.29 is 4.74 Å². The van der Waals surface area contributed by atoms with Gasteiger partial charge in [0.25, 0.3) is 0 Å². The SMILES string of the molecule is CCCCC(C)OC(C)(c1ccccc1)c1ccccc1. The molecule has 0 saturated heterocycles. The second kappa shape index (κ2) is 7.42. The monoisotopic (exact) mass is 282 g/mol. The second-order valence-electron chi connectivity index (χ2n) is 5.84. The van der Waals surface area contributed by atoms with Gasteiger partial charge < -0.3 is 4.74 Å². The van der Waals surface area contributed by atoms with Gasteiger partial charge in [-0.1, -0.05) is 80.4 Å². The Labute approximate surface area is 129 Å². The van der Waals surface area contributed by atoms with Crippen LogP contribution >= 0.6 is 0 Å². The van der Waals surface area contributed by atoms with Crippen LogP contribution in [-0.2, 0) is 10.3 Å². The Morgan fingerprint density at radius 1 is 0.905 bits per heavy atom. The van der Waals surface area contributed by atoms with E-state index in [1.54, 1.807) is 0 Å². The smallest absolute Gasteiger partial charge is 0.116 e. The Bertz CT molecular complexity index is 479. The molecule has 1 nitrogen and oxygen atoms in total. The minimum absolute atomic E-state index is 0.246. The van der Waals surface area contributed by atoms with Gasteiger partial charge in [-0.3, -0.25) is 0 Å². The zero-order valence-electron chi connectivity index (χ0n) is 13.4. The second-order valence-corrected chi connectivity index (χ2v) is 5.84. The Kier molecular flexibility index (Phi) is 5.58. The maximum absolute atomic E-state index is 6.51. The number of ether oxygens (including phenoxy) is 1. The highest BCUT2D eigenvalue weighted by Crippen LogP contribution is 2.35. The quantitative estimate of drug-likeness (QED) is 0.647. The van der Waals surface area contributed by atoms with Crippen molar-refractivity contribution in [3.63, 3.8) is 0 Å². The Hall–Kier alpha value is -1.60. The van der Waals surface area contributed by atoms with E-state index in [-0.39, 0.29) is 6.10 Å². The van der Waals surface area contributed by atoms with Crippen molar-refractivity contribution in [3.8, 4) is 0 Å². The van der Waals surface area contributed by atoms with Gasteiger partial charge in [0.15, 0.2) is 0 Å². The summed E-state index contributed by atoms with van der Waals surface area (Å²) in [5.74, 6) is 0. The lowest BCUT2D eigenvalue weighted by Gasteiger charge is -2.34. The van der Waals surface area contributed by atoms with Crippen molar-refractivity contribution in [2.45, 2.75) is 51.7 Å². The van der Waals surface area contributed by atoms with Gasteiger partial charge in [0.2, 0.25) is 0 Å². The lowest BCUT2D eigenvalue weighted by molar-refractivity contribution is -0.0568. The van der Waals surface area contributed by atoms with Gasteiger partial charge in [0.1, 0.15) is 5.60 Å². The van der Waals surface area contributed by atoms with Crippen LogP contribution < -0.4 is 0 Å². The fraction of sp³-hybridized carbons (Fsp3) is 0.400. The highest BCUT2D eigenvalue weighted by molar-refractivity contribution is 5.35. The molecule has 21 heavy (non-hydrogen) atoms. The maximum atomic E-state index is 6.51. The summed E-state index contributed by atoms with van der Waals surface area (Å²) in [6.07, 6.45) is 3.77. The van der Waals surface area contributed by atoms with E-state index >= 15 is 0 Å². The number of unbranched alkanes of at least 4 members (excludes halogenated alkanes) is 1. The first-order chi connectivity index (χ1) is 10.2. The van der Waals surface area contributed by atoms with E-state index in [1.165, 1.54) is 24.0 Å². The fourth-order valence-corrected chi connectivity index (χ4v) is 2.77. The van der Waals surface area contributed by atoms with Crippen molar-refractivity contribution in [1.82, 2.24) is 0 Å². The van der Waals surface area contributed by atoms with E-state index in [0.29, 0.717) is 0 Å². The molecule has 2 rings (SSSR count). The average Bonchev–Trinajstić information content (AvgIpc) is 2.54. The van der Waals surface area contributed by atoms with Crippen molar-refractivity contribution in [2.24, 2.45) is 0 Å². The van der Waals surface area contributed by atoms with Crippen LogP contribution in [0.25, 0.3) is 0 Å². The summed E-state index contributed by atoms with van der Waals surface area (Å²) in [7, 11) is 0. The zero-order valence-corrected chi connectivity index (χ0v) is 13.4. The molecular formula is C20H26O. The molecule has 2 aromatic rings. The average molecular weight is 282 g/mol. The molecule has 1 unspecified atom stereocenters. The van der Waals surface area contributed by atoms with Crippen LogP contribution in [0.1, 0.15) is 51.2 Å². The number of benzene rings is 2. The molecule has 0 heterocycles. The molecule has 0 bridgehead atoms. The molecule has 2 aromatic carbocycles. The largest absolute Gasteiger partial charge is 0.363 e. The molecule has 0 aliphatic rings. The number of hydrogen-bond acceptors (Lipinski definition) is 1. The van der Waals surface area contributed by atoms with E-state index in [4.69, 9.17) is 4.74 Å². The van der Waals surface area contributed by atoms with Gasteiger partial charge in [-0.05, 0) is 31.4 Å². The third-order valence-electron chi connectivity index (χ3n) is 4.05. The summed E-state index contributed by atoms with van der Waals surface area (Å²) in [6, 6.07) is 21.0. The molecule has 0 aliphatic carbocycles. The Morgan fingerprint density at radius 2 is 1.38 bits per heavy atom. The van der Waals surface area contributed by atoms with Gasteiger partial charge in [-0.2, -0.15) is 0 Å². The summed E-state index contributed by atoms with van der Waals surface area (Å²) in [5, 5.41) is 0. The molecule has 1 atom stereocenters. The van der Waals surface area contributed by atoms with Crippen molar-refractivity contribution >= 4 is 0 Å². The van der Waals surface area contributed by atoms with Crippen LogP contribution in [0.4, 0.5) is 0 Å². The maximum Gasteiger partial charge on any atom is 0.116 e. The first-order valence-corrected chi connectivity index (χ1v) is 7.95. The van der Waals surface area contributed by atoms with Crippen LogP contribution in [-0.4, -0.2) is 6.10 Å². The lowest BCUT2D eigenvalue weighted by atomic mass is 9.87. The van der Waals surface area contributed by atoms with Crippen LogP contribution in [0.2, 0.25) is 0 Å². The normalized spacial score (nSPS) is 13.1. The fourth-order valence-electron chi connectivity index (χ4n) is 2.77. The number of hydrogen-bond donors (Lipinski definition) is 0. The third kappa shape index (κ3) is 3.95. The van der Waals surface area contributed by atoms with Gasteiger partial charge in [0, 0.05) is 0 Å². The zero-order chi connectivity index (χ0) is 15.1. The molecule has 0 fully saturated rings. The van der Waals surface area contributed by atoms with Crippen LogP contribution in [0.3, 0.4) is 0 Å². The van der Waals surface area contributed by atoms with E-state index in [2.05, 4.69) is 81.4 Å². The number of rotatable bonds is 7. The highest BCUT2D eigenvalue weighted by Gasteiger charge is 2.31. The summed E-state index contributed by atoms with van der Waals surface area (Å²) in [6.45, 7) is 6.58. The molecule has 0 saturated carbocycles. The van der Waals surface area contributed by atoms with Crippen molar-refractivity contribution in [1.29, 1.82) is 0 Å². The standard InChI is InChI=1S/C20H26O/c1-4-5-12-17(2)21-20(3,18-13-8-6-9-14-18)19-15-10-7-11-16-19/h6-11,13-17H,4-5,12H2,1-3H3. The minimum Gasteiger partial charge on any atom is -0.363 e. The summed E-state index contributed by atoms with van der Waals surface area (Å²) in [5.41, 5.74) is 2.02. The first-order valence-electron chi connectivity index (χ1n) is 7.95. The molecule has 0 amide bonds. The predicted octanol–water partition coefficient (Wildman–Crippen LogP) is 5.55. The first kappa shape index (κ1) is 15.8. The lowest BCUT2D eigenvalue weighted by Crippen LogP contribution is -2.31. The Balaban J connectivity index is 2.31. The van der Waals surface area contributed by atoms with Crippen LogP contribution in [0.5, 0.6) is 0 Å². The Morgan fingerprint density at radius 3 is 1.81 bits per heavy atom. The molecule has 0 radical (unpaired) electrons. The molecule has 0 aliphatic heterocycles. The van der Waals surface area contributed by atoms with Gasteiger partial charge in [-0.25, -0.2) is 0 Å². The molecule has 0 N–H and O–H groups in total. The van der Waals surface area contributed by atoms with Gasteiger partial charge in [0.05, 0.1) is 6.10 Å². The summed E-state index contributed by atoms with van der Waals surface area (Å²) in [4.78, 5) is 0. The van der Waals surface area contributed by atoms with Crippen molar-refractivity contribution in [2.75, 3.05) is 0 Å². The summed E-state index contributed by atoms with van der Waals surface area (Å²) < 4.78 is 6.51. The molecule has 112 valence electrons. The molecule has 0 aromatic heterocycles. The highest BCUT2D eigenvalue weighted by atomic mass is 16.5. The minimum atomic E-state index is -0.393. The van der Waals surface area contributed by atoms with Gasteiger partial charge >= 0.3 is 0 Å². The van der Waals surface area contributed by atoms with E-state index in [1.807, 2.05) is 0 Å². The summed E-state index contributed by atoms with van der Waals surface area (Å²) >= 11 is 0. The molecule has 1 heteroatoms. The van der Waals surface area contributed by atoms with Crippen LogP contribution in [0.15, 0.2) is 60.7 Å². The predicted molar refractivity (Wildman–Crippen MR) is 89.4 cm³/mol. The van der Waals surface area contributed by atoms with E-state index in [9.17, 15) is 0 Å². The van der Waals surface area contributed by atoms with Gasteiger partial charge in [-0.15, -0.1) is 0 Å². The molecule has 0 spiro atoms. The van der Waals surface area contributed by atoms with Crippen LogP contribution in [0, 0.1) is 0 Å².